The zero-order valence-corrected chi connectivity index (χ0v) is 11.5. The fourth-order valence-electron chi connectivity index (χ4n) is 1.35. The summed E-state index contributed by atoms with van der Waals surface area (Å²) in [7, 11) is 0. The second kappa shape index (κ2) is 7.63. The molecule has 1 unspecified atom stereocenters. The van der Waals surface area contributed by atoms with Crippen LogP contribution in [0.5, 0.6) is 0 Å². The van der Waals surface area contributed by atoms with E-state index in [1.807, 2.05) is 13.8 Å². The topological polar surface area (TPSA) is 72.5 Å². The summed E-state index contributed by atoms with van der Waals surface area (Å²) < 4.78 is 4.83. The summed E-state index contributed by atoms with van der Waals surface area (Å²) in [6, 6.07) is -0.539. The minimum absolute atomic E-state index is 0.00228. The van der Waals surface area contributed by atoms with Gasteiger partial charge in [0.15, 0.2) is 5.78 Å². The normalized spacial score (nSPS) is 12.8. The van der Waals surface area contributed by atoms with Crippen molar-refractivity contribution in [3.05, 3.63) is 12.2 Å². The van der Waals surface area contributed by atoms with Crippen LogP contribution < -0.4 is 5.32 Å². The third-order valence-corrected chi connectivity index (χ3v) is 2.13. The Morgan fingerprint density at radius 3 is 2.00 bits per heavy atom. The molecule has 5 nitrogen and oxygen atoms in total. The SMILES string of the molecule is CC(=O)C(NC(=O)/C=C/C(=O)OC(C)C)C(C)C. The average Bonchev–Trinajstić information content (AvgIpc) is 2.21. The van der Waals surface area contributed by atoms with E-state index in [9.17, 15) is 14.4 Å². The van der Waals surface area contributed by atoms with E-state index in [-0.39, 0.29) is 17.8 Å². The molecule has 1 N–H and O–H groups in total. The maximum Gasteiger partial charge on any atom is 0.331 e. The molecule has 0 saturated carbocycles. The van der Waals surface area contributed by atoms with Gasteiger partial charge in [-0.2, -0.15) is 0 Å². The van der Waals surface area contributed by atoms with Gasteiger partial charge in [0.2, 0.25) is 5.91 Å². The molecular weight excluding hydrogens is 234 g/mol. The summed E-state index contributed by atoms with van der Waals surface area (Å²) in [6.45, 7) is 8.53. The van der Waals surface area contributed by atoms with Crippen molar-refractivity contribution in [3.63, 3.8) is 0 Å². The summed E-state index contributed by atoms with van der Waals surface area (Å²) in [5, 5.41) is 2.54. The molecule has 0 aromatic heterocycles. The first kappa shape index (κ1) is 16.4. The molecule has 1 atom stereocenters. The lowest BCUT2D eigenvalue weighted by Gasteiger charge is -2.18. The van der Waals surface area contributed by atoms with E-state index in [1.54, 1.807) is 13.8 Å². The van der Waals surface area contributed by atoms with E-state index in [0.717, 1.165) is 12.2 Å². The highest BCUT2D eigenvalue weighted by Crippen LogP contribution is 2.02. The minimum Gasteiger partial charge on any atom is -0.460 e. The molecule has 0 bridgehead atoms. The summed E-state index contributed by atoms with van der Waals surface area (Å²) >= 11 is 0. The number of esters is 1. The largest absolute Gasteiger partial charge is 0.460 e. The van der Waals surface area contributed by atoms with Crippen LogP contribution in [-0.2, 0) is 19.1 Å². The highest BCUT2D eigenvalue weighted by atomic mass is 16.5. The van der Waals surface area contributed by atoms with Crippen molar-refractivity contribution in [1.82, 2.24) is 5.32 Å². The third-order valence-electron chi connectivity index (χ3n) is 2.13. The smallest absolute Gasteiger partial charge is 0.331 e. The van der Waals surface area contributed by atoms with E-state index >= 15 is 0 Å². The number of hydrogen-bond donors (Lipinski definition) is 1. The first-order valence-electron chi connectivity index (χ1n) is 5.93. The molecule has 0 saturated heterocycles. The van der Waals surface area contributed by atoms with Crippen LogP contribution in [0, 0.1) is 5.92 Å². The van der Waals surface area contributed by atoms with Crippen molar-refractivity contribution in [2.24, 2.45) is 5.92 Å². The fraction of sp³-hybridized carbons (Fsp3) is 0.615. The number of carbonyl (C=O) groups is 3. The van der Waals surface area contributed by atoms with Gasteiger partial charge in [-0.1, -0.05) is 13.8 Å². The number of amides is 1. The third kappa shape index (κ3) is 6.83. The number of carbonyl (C=O) groups excluding carboxylic acids is 3. The highest BCUT2D eigenvalue weighted by Gasteiger charge is 2.19. The summed E-state index contributed by atoms with van der Waals surface area (Å²) in [6.07, 6.45) is 1.89. The van der Waals surface area contributed by atoms with Crippen molar-refractivity contribution in [2.45, 2.75) is 46.8 Å². The molecule has 102 valence electrons. The molecule has 0 spiro atoms. The van der Waals surface area contributed by atoms with E-state index < -0.39 is 17.9 Å². The Morgan fingerprint density at radius 2 is 1.61 bits per heavy atom. The molecule has 0 aliphatic rings. The summed E-state index contributed by atoms with van der Waals surface area (Å²) in [5.41, 5.74) is 0. The van der Waals surface area contributed by atoms with Gasteiger partial charge in [-0.05, 0) is 26.7 Å². The maximum absolute atomic E-state index is 11.5. The van der Waals surface area contributed by atoms with Gasteiger partial charge in [0.05, 0.1) is 12.1 Å². The molecule has 0 aromatic carbocycles. The molecular formula is C13H21NO4. The van der Waals surface area contributed by atoms with E-state index in [1.165, 1.54) is 6.92 Å². The lowest BCUT2D eigenvalue weighted by Crippen LogP contribution is -2.42. The Labute approximate surface area is 108 Å². The highest BCUT2D eigenvalue weighted by molar-refractivity contribution is 5.97. The molecule has 0 radical (unpaired) electrons. The van der Waals surface area contributed by atoms with E-state index in [0.29, 0.717) is 0 Å². The van der Waals surface area contributed by atoms with Crippen molar-refractivity contribution >= 4 is 17.7 Å². The standard InChI is InChI=1S/C13H21NO4/c1-8(2)13(10(5)15)14-11(16)6-7-12(17)18-9(3)4/h6-9,13H,1-5H3,(H,14,16)/b7-6+. The molecule has 0 fully saturated rings. The Bertz CT molecular complexity index is 345. The van der Waals surface area contributed by atoms with Gasteiger partial charge in [0.1, 0.15) is 0 Å². The fourth-order valence-corrected chi connectivity index (χ4v) is 1.35. The number of nitrogens with one attached hydrogen (secondary N) is 1. The Hall–Kier alpha value is -1.65. The van der Waals surface area contributed by atoms with Gasteiger partial charge < -0.3 is 10.1 Å². The number of Topliss-reactive ketones (excluding diaryl/α,β-unsaturated/α-hetero) is 1. The average molecular weight is 255 g/mol. The Morgan fingerprint density at radius 1 is 1.06 bits per heavy atom. The van der Waals surface area contributed by atoms with Crippen LogP contribution in [0.1, 0.15) is 34.6 Å². The van der Waals surface area contributed by atoms with Crippen LogP contribution >= 0.6 is 0 Å². The molecule has 0 aromatic rings. The van der Waals surface area contributed by atoms with Gasteiger partial charge in [-0.3, -0.25) is 9.59 Å². The second-order valence-electron chi connectivity index (χ2n) is 4.66. The van der Waals surface area contributed by atoms with Crippen LogP contribution in [-0.4, -0.2) is 29.8 Å². The van der Waals surface area contributed by atoms with Crippen LogP contribution in [0.2, 0.25) is 0 Å². The Kier molecular flexibility index (Phi) is 6.93. The lowest BCUT2D eigenvalue weighted by atomic mass is 10.0. The number of rotatable bonds is 6. The zero-order chi connectivity index (χ0) is 14.3. The molecule has 0 rings (SSSR count). The molecule has 5 heteroatoms. The first-order chi connectivity index (χ1) is 8.23. The van der Waals surface area contributed by atoms with E-state index in [4.69, 9.17) is 4.74 Å². The lowest BCUT2D eigenvalue weighted by molar-refractivity contribution is -0.141. The van der Waals surface area contributed by atoms with Crippen LogP contribution in [0.15, 0.2) is 12.2 Å². The first-order valence-corrected chi connectivity index (χ1v) is 5.93. The van der Waals surface area contributed by atoms with Gasteiger partial charge in [0.25, 0.3) is 0 Å². The van der Waals surface area contributed by atoms with Crippen LogP contribution in [0.3, 0.4) is 0 Å². The maximum atomic E-state index is 11.5. The summed E-state index contributed by atoms with van der Waals surface area (Å²) in [5.74, 6) is -1.17. The van der Waals surface area contributed by atoms with Gasteiger partial charge in [0, 0.05) is 12.2 Å². The number of ketones is 1. The predicted octanol–water partition coefficient (Wildman–Crippen LogP) is 1.22. The van der Waals surface area contributed by atoms with E-state index in [2.05, 4.69) is 5.32 Å². The molecule has 0 heterocycles. The predicted molar refractivity (Wildman–Crippen MR) is 67.8 cm³/mol. The number of hydrogen-bond acceptors (Lipinski definition) is 4. The molecule has 0 aliphatic heterocycles. The van der Waals surface area contributed by atoms with Crippen molar-refractivity contribution in [1.29, 1.82) is 0 Å². The minimum atomic E-state index is -0.580. The molecule has 18 heavy (non-hydrogen) atoms. The van der Waals surface area contributed by atoms with Crippen molar-refractivity contribution in [3.8, 4) is 0 Å². The van der Waals surface area contributed by atoms with Crippen molar-refractivity contribution < 1.29 is 19.1 Å². The molecule has 0 aliphatic carbocycles. The van der Waals surface area contributed by atoms with Crippen LogP contribution in [0.4, 0.5) is 0 Å². The van der Waals surface area contributed by atoms with Gasteiger partial charge in [-0.25, -0.2) is 4.79 Å². The zero-order valence-electron chi connectivity index (χ0n) is 11.5. The van der Waals surface area contributed by atoms with Gasteiger partial charge >= 0.3 is 5.97 Å². The monoisotopic (exact) mass is 255 g/mol. The Balaban J connectivity index is 4.37. The van der Waals surface area contributed by atoms with Crippen LogP contribution in [0.25, 0.3) is 0 Å². The second-order valence-corrected chi connectivity index (χ2v) is 4.66. The molecule has 1 amide bonds. The number of ether oxygens (including phenoxy) is 1. The van der Waals surface area contributed by atoms with Gasteiger partial charge in [-0.15, -0.1) is 0 Å². The van der Waals surface area contributed by atoms with Crippen molar-refractivity contribution in [2.75, 3.05) is 0 Å². The summed E-state index contributed by atoms with van der Waals surface area (Å²) in [4.78, 5) is 33.9. The quantitative estimate of drug-likeness (QED) is 0.572.